The normalized spacial score (nSPS) is 11.9. The number of ether oxygens (including phenoxy) is 2. The third-order valence-corrected chi connectivity index (χ3v) is 4.10. The van der Waals surface area contributed by atoms with Gasteiger partial charge in [-0.15, -0.1) is 0 Å². The van der Waals surface area contributed by atoms with Gasteiger partial charge in [0.1, 0.15) is 5.15 Å². The molecular weight excluding hydrogens is 421 g/mol. The second-order valence-electron chi connectivity index (χ2n) is 6.25. The van der Waals surface area contributed by atoms with Crippen LogP contribution < -0.4 is 20.1 Å². The summed E-state index contributed by atoms with van der Waals surface area (Å²) in [4.78, 5) is 8.55. The van der Waals surface area contributed by atoms with Gasteiger partial charge in [0.25, 0.3) is 0 Å². The highest BCUT2D eigenvalue weighted by Crippen LogP contribution is 2.30. The summed E-state index contributed by atoms with van der Waals surface area (Å²) in [5.74, 6) is 0.875. The van der Waals surface area contributed by atoms with Gasteiger partial charge in [0.2, 0.25) is 0 Å². The number of alkyl halides is 3. The van der Waals surface area contributed by atoms with Crippen LogP contribution in [0.25, 0.3) is 0 Å². The molecule has 164 valence electrons. The summed E-state index contributed by atoms with van der Waals surface area (Å²) < 4.78 is 47.0. The summed E-state index contributed by atoms with van der Waals surface area (Å²) in [6.45, 7) is 2.22. The molecule has 30 heavy (non-hydrogen) atoms. The number of benzene rings is 1. The predicted octanol–water partition coefficient (Wildman–Crippen LogP) is 3.98. The zero-order valence-electron chi connectivity index (χ0n) is 16.7. The second-order valence-corrected chi connectivity index (χ2v) is 6.64. The molecule has 0 unspecified atom stereocenters. The monoisotopic (exact) mass is 444 g/mol. The molecule has 0 aliphatic rings. The van der Waals surface area contributed by atoms with Crippen molar-refractivity contribution < 1.29 is 22.6 Å². The minimum absolute atomic E-state index is 0.0316. The summed E-state index contributed by atoms with van der Waals surface area (Å²) in [5.41, 5.74) is 1.81. The lowest BCUT2D eigenvalue weighted by atomic mass is 10.2. The maximum absolute atomic E-state index is 12.4. The van der Waals surface area contributed by atoms with Crippen LogP contribution in [0.3, 0.4) is 0 Å². The average molecular weight is 445 g/mol. The first kappa shape index (κ1) is 23.6. The Hall–Kier alpha value is -2.68. The van der Waals surface area contributed by atoms with Crippen LogP contribution in [0.5, 0.6) is 11.5 Å². The number of nitrogens with zero attached hydrogens (tertiary/aromatic N) is 2. The standard InChI is InChI=1S/C20H24ClF3N4O2/c1-3-25-19(26-9-8-14-5-7-18(21)27-11-14)28-12-15-4-6-16(17(10-15)29-2)30-13-20(22,23)24/h4-7,10-11H,3,8-9,12-13H2,1-2H3,(H2,25,26,28). The lowest BCUT2D eigenvalue weighted by Gasteiger charge is -2.14. The molecule has 2 N–H and O–H groups in total. The smallest absolute Gasteiger partial charge is 0.422 e. The number of methoxy groups -OCH3 is 1. The fourth-order valence-corrected chi connectivity index (χ4v) is 2.59. The van der Waals surface area contributed by atoms with Gasteiger partial charge in [-0.25, -0.2) is 9.98 Å². The van der Waals surface area contributed by atoms with Crippen LogP contribution in [0.2, 0.25) is 5.15 Å². The number of nitrogens with one attached hydrogen (secondary N) is 2. The molecule has 2 aromatic rings. The summed E-state index contributed by atoms with van der Waals surface area (Å²) in [7, 11) is 1.38. The predicted molar refractivity (Wildman–Crippen MR) is 110 cm³/mol. The molecule has 10 heteroatoms. The molecule has 2 rings (SSSR count). The van der Waals surface area contributed by atoms with Crippen LogP contribution >= 0.6 is 11.6 Å². The van der Waals surface area contributed by atoms with E-state index in [2.05, 4.69) is 20.6 Å². The summed E-state index contributed by atoms with van der Waals surface area (Å²) >= 11 is 5.78. The molecular formula is C20H24ClF3N4O2. The number of halogens is 4. The quantitative estimate of drug-likeness (QED) is 0.348. The highest BCUT2D eigenvalue weighted by Gasteiger charge is 2.29. The average Bonchev–Trinajstić information content (AvgIpc) is 2.71. The number of hydrogen-bond donors (Lipinski definition) is 2. The van der Waals surface area contributed by atoms with Crippen molar-refractivity contribution in [2.24, 2.45) is 4.99 Å². The van der Waals surface area contributed by atoms with Crippen molar-refractivity contribution in [2.75, 3.05) is 26.8 Å². The maximum Gasteiger partial charge on any atom is 0.422 e. The van der Waals surface area contributed by atoms with E-state index in [1.807, 2.05) is 13.0 Å². The van der Waals surface area contributed by atoms with Gasteiger partial charge in [-0.2, -0.15) is 13.2 Å². The highest BCUT2D eigenvalue weighted by molar-refractivity contribution is 6.29. The Bertz CT molecular complexity index is 830. The molecule has 0 fully saturated rings. The Balaban J connectivity index is 1.96. The lowest BCUT2D eigenvalue weighted by Crippen LogP contribution is -2.38. The van der Waals surface area contributed by atoms with E-state index in [1.54, 1.807) is 24.4 Å². The minimum atomic E-state index is -4.41. The molecule has 1 aromatic heterocycles. The SMILES string of the molecule is CCNC(=NCc1ccc(OCC(F)(F)F)c(OC)c1)NCCc1ccc(Cl)nc1. The van der Waals surface area contributed by atoms with Crippen LogP contribution in [0.15, 0.2) is 41.5 Å². The van der Waals surface area contributed by atoms with Crippen LogP contribution in [-0.4, -0.2) is 43.9 Å². The van der Waals surface area contributed by atoms with E-state index in [-0.39, 0.29) is 11.5 Å². The topological polar surface area (TPSA) is 67.8 Å². The van der Waals surface area contributed by atoms with Crippen molar-refractivity contribution in [1.82, 2.24) is 15.6 Å². The molecule has 0 saturated carbocycles. The van der Waals surface area contributed by atoms with Crippen molar-refractivity contribution in [3.63, 3.8) is 0 Å². The molecule has 0 amide bonds. The van der Waals surface area contributed by atoms with Crippen molar-refractivity contribution >= 4 is 17.6 Å². The summed E-state index contributed by atoms with van der Waals surface area (Å²) in [6.07, 6.45) is -1.95. The third-order valence-electron chi connectivity index (χ3n) is 3.88. The van der Waals surface area contributed by atoms with Crippen molar-refractivity contribution in [3.8, 4) is 11.5 Å². The summed E-state index contributed by atoms with van der Waals surface area (Å²) in [6, 6.07) is 8.36. The second kappa shape index (κ2) is 11.5. The zero-order chi connectivity index (χ0) is 22.0. The molecule has 1 heterocycles. The number of aromatic nitrogens is 1. The first-order valence-electron chi connectivity index (χ1n) is 9.30. The molecule has 0 aliphatic heterocycles. The first-order chi connectivity index (χ1) is 14.3. The van der Waals surface area contributed by atoms with E-state index >= 15 is 0 Å². The highest BCUT2D eigenvalue weighted by atomic mass is 35.5. The molecule has 6 nitrogen and oxygen atoms in total. The van der Waals surface area contributed by atoms with Crippen LogP contribution in [0, 0.1) is 0 Å². The number of rotatable bonds is 9. The maximum atomic E-state index is 12.4. The Morgan fingerprint density at radius 2 is 1.90 bits per heavy atom. The van der Waals surface area contributed by atoms with Crippen molar-refractivity contribution in [1.29, 1.82) is 0 Å². The van der Waals surface area contributed by atoms with Crippen LogP contribution in [0.1, 0.15) is 18.1 Å². The zero-order valence-corrected chi connectivity index (χ0v) is 17.5. The molecule has 0 saturated heterocycles. The van der Waals surface area contributed by atoms with Gasteiger partial charge >= 0.3 is 6.18 Å². The van der Waals surface area contributed by atoms with E-state index in [0.29, 0.717) is 30.7 Å². The number of aliphatic imine (C=N–C) groups is 1. The van der Waals surface area contributed by atoms with Crippen molar-refractivity contribution in [2.45, 2.75) is 26.1 Å². The number of pyridine rings is 1. The van der Waals surface area contributed by atoms with E-state index in [1.165, 1.54) is 13.2 Å². The first-order valence-corrected chi connectivity index (χ1v) is 9.67. The molecule has 0 radical (unpaired) electrons. The Morgan fingerprint density at radius 1 is 1.13 bits per heavy atom. The lowest BCUT2D eigenvalue weighted by molar-refractivity contribution is -0.153. The van der Waals surface area contributed by atoms with Gasteiger partial charge in [0, 0.05) is 19.3 Å². The van der Waals surface area contributed by atoms with Gasteiger partial charge in [-0.1, -0.05) is 23.7 Å². The number of hydrogen-bond acceptors (Lipinski definition) is 4. The van der Waals surface area contributed by atoms with Gasteiger partial charge in [0.05, 0.1) is 13.7 Å². The van der Waals surface area contributed by atoms with Gasteiger partial charge < -0.3 is 20.1 Å². The van der Waals surface area contributed by atoms with Gasteiger partial charge in [-0.3, -0.25) is 0 Å². The fourth-order valence-electron chi connectivity index (χ4n) is 2.48. The Labute approximate surface area is 178 Å². The largest absolute Gasteiger partial charge is 0.493 e. The van der Waals surface area contributed by atoms with Gasteiger partial charge in [-0.05, 0) is 42.7 Å². The molecule has 0 bridgehead atoms. The third kappa shape index (κ3) is 8.36. The van der Waals surface area contributed by atoms with Crippen LogP contribution in [0.4, 0.5) is 13.2 Å². The number of guanidine groups is 1. The van der Waals surface area contributed by atoms with E-state index in [4.69, 9.17) is 21.1 Å². The molecule has 0 aliphatic carbocycles. The van der Waals surface area contributed by atoms with Crippen LogP contribution in [-0.2, 0) is 13.0 Å². The fraction of sp³-hybridized carbons (Fsp3) is 0.400. The Morgan fingerprint density at radius 3 is 2.53 bits per heavy atom. The van der Waals surface area contributed by atoms with Gasteiger partial charge in [0.15, 0.2) is 24.1 Å². The van der Waals surface area contributed by atoms with E-state index in [9.17, 15) is 13.2 Å². The molecule has 0 spiro atoms. The van der Waals surface area contributed by atoms with E-state index < -0.39 is 12.8 Å². The van der Waals surface area contributed by atoms with Crippen molar-refractivity contribution in [3.05, 3.63) is 52.8 Å². The van der Waals surface area contributed by atoms with E-state index in [0.717, 1.165) is 17.5 Å². The molecule has 1 aromatic carbocycles. The molecule has 0 atom stereocenters. The Kier molecular flexibility index (Phi) is 9.04. The summed E-state index contributed by atoms with van der Waals surface area (Å²) in [5, 5.41) is 6.83. The minimum Gasteiger partial charge on any atom is -0.493 e.